The Morgan fingerprint density at radius 2 is 1.95 bits per heavy atom. The lowest BCUT2D eigenvalue weighted by molar-refractivity contribution is 0.0467. The number of ether oxygens (including phenoxy) is 1. The van der Waals surface area contributed by atoms with Crippen LogP contribution in [0.4, 0.5) is 10.1 Å². The summed E-state index contributed by atoms with van der Waals surface area (Å²) in [6.07, 6.45) is 0. The van der Waals surface area contributed by atoms with Gasteiger partial charge in [-0.25, -0.2) is 9.18 Å². The van der Waals surface area contributed by atoms with Crippen LogP contribution in [0.5, 0.6) is 0 Å². The lowest BCUT2D eigenvalue weighted by atomic mass is 10.2. The van der Waals surface area contributed by atoms with Crippen LogP contribution in [0.25, 0.3) is 0 Å². The fourth-order valence-corrected chi connectivity index (χ4v) is 2.02. The van der Waals surface area contributed by atoms with Crippen molar-refractivity contribution in [2.75, 3.05) is 5.73 Å². The quantitative estimate of drug-likeness (QED) is 0.686. The fourth-order valence-electron chi connectivity index (χ4n) is 1.56. The summed E-state index contributed by atoms with van der Waals surface area (Å²) in [7, 11) is 0. The van der Waals surface area contributed by atoms with Crippen LogP contribution in [0.15, 0.2) is 36.4 Å². The van der Waals surface area contributed by atoms with E-state index in [2.05, 4.69) is 0 Å². The third kappa shape index (κ3) is 3.40. The number of carbonyl (C=O) groups is 1. The molecule has 2 aromatic carbocycles. The van der Waals surface area contributed by atoms with Gasteiger partial charge in [0.2, 0.25) is 0 Å². The number of esters is 1. The molecule has 0 amide bonds. The molecule has 0 aliphatic rings. The van der Waals surface area contributed by atoms with Crippen molar-refractivity contribution in [3.05, 3.63) is 63.4 Å². The molecule has 0 spiro atoms. The van der Waals surface area contributed by atoms with E-state index in [0.29, 0.717) is 15.6 Å². The maximum Gasteiger partial charge on any atom is 0.341 e. The first-order valence-corrected chi connectivity index (χ1v) is 6.39. The van der Waals surface area contributed by atoms with Gasteiger partial charge in [0.1, 0.15) is 12.4 Å². The minimum atomic E-state index is -0.784. The van der Waals surface area contributed by atoms with E-state index < -0.39 is 11.8 Å². The lowest BCUT2D eigenvalue weighted by Gasteiger charge is -2.08. The predicted octanol–water partition coefficient (Wildman–Crippen LogP) is 4.07. The number of carbonyl (C=O) groups excluding carboxylic acids is 1. The van der Waals surface area contributed by atoms with Crippen LogP contribution in [0.2, 0.25) is 10.0 Å². The number of hydrogen-bond donors (Lipinski definition) is 1. The summed E-state index contributed by atoms with van der Waals surface area (Å²) in [5, 5.41) is 0.859. The summed E-state index contributed by atoms with van der Waals surface area (Å²) in [5.41, 5.74) is 6.05. The van der Waals surface area contributed by atoms with Gasteiger partial charge in [0.15, 0.2) is 0 Å². The highest BCUT2D eigenvalue weighted by molar-refractivity contribution is 6.35. The van der Waals surface area contributed by atoms with Crippen molar-refractivity contribution in [1.82, 2.24) is 0 Å². The average Bonchev–Trinajstić information content (AvgIpc) is 2.37. The van der Waals surface area contributed by atoms with Gasteiger partial charge in [-0.05, 0) is 30.3 Å². The minimum absolute atomic E-state index is 0.0708. The minimum Gasteiger partial charge on any atom is -0.457 e. The van der Waals surface area contributed by atoms with Crippen LogP contribution in [0.3, 0.4) is 0 Å². The van der Waals surface area contributed by atoms with Gasteiger partial charge < -0.3 is 10.5 Å². The summed E-state index contributed by atoms with van der Waals surface area (Å²) in [4.78, 5) is 11.8. The standard InChI is InChI=1S/C14H10Cl2FNO2/c15-9-2-1-8(12(16)5-9)7-20-14(19)11-4-3-10(18)6-13(11)17/h1-6H,7,18H2. The highest BCUT2D eigenvalue weighted by Gasteiger charge is 2.14. The van der Waals surface area contributed by atoms with Crippen LogP contribution in [-0.2, 0) is 11.3 Å². The molecule has 3 nitrogen and oxygen atoms in total. The van der Waals surface area contributed by atoms with Gasteiger partial charge in [0, 0.05) is 21.3 Å². The van der Waals surface area contributed by atoms with Crippen molar-refractivity contribution in [2.45, 2.75) is 6.61 Å². The molecular weight excluding hydrogens is 304 g/mol. The van der Waals surface area contributed by atoms with Crippen molar-refractivity contribution in [3.63, 3.8) is 0 Å². The second kappa shape index (κ2) is 6.11. The van der Waals surface area contributed by atoms with Crippen LogP contribution in [-0.4, -0.2) is 5.97 Å². The van der Waals surface area contributed by atoms with Crippen molar-refractivity contribution in [3.8, 4) is 0 Å². The molecule has 0 saturated heterocycles. The van der Waals surface area contributed by atoms with E-state index in [1.165, 1.54) is 18.2 Å². The van der Waals surface area contributed by atoms with E-state index in [4.69, 9.17) is 33.7 Å². The SMILES string of the molecule is Nc1ccc(C(=O)OCc2ccc(Cl)cc2Cl)c(F)c1. The molecule has 0 aromatic heterocycles. The third-order valence-corrected chi connectivity index (χ3v) is 3.17. The average molecular weight is 314 g/mol. The molecule has 20 heavy (non-hydrogen) atoms. The molecule has 2 aromatic rings. The third-order valence-electron chi connectivity index (χ3n) is 2.59. The zero-order valence-corrected chi connectivity index (χ0v) is 11.7. The number of nitrogens with two attached hydrogens (primary N) is 1. The van der Waals surface area contributed by atoms with Crippen molar-refractivity contribution >= 4 is 34.9 Å². The Labute approximate surface area is 125 Å². The molecule has 0 radical (unpaired) electrons. The van der Waals surface area contributed by atoms with Crippen LogP contribution >= 0.6 is 23.2 Å². The second-order valence-electron chi connectivity index (χ2n) is 4.05. The molecule has 6 heteroatoms. The Balaban J connectivity index is 2.08. The van der Waals surface area contributed by atoms with E-state index in [0.717, 1.165) is 6.07 Å². The number of benzene rings is 2. The van der Waals surface area contributed by atoms with Gasteiger partial charge in [0.25, 0.3) is 0 Å². The zero-order valence-electron chi connectivity index (χ0n) is 10.2. The van der Waals surface area contributed by atoms with Gasteiger partial charge in [-0.1, -0.05) is 29.3 Å². The molecule has 0 fully saturated rings. The molecule has 0 bridgehead atoms. The Kier molecular flexibility index (Phi) is 4.47. The van der Waals surface area contributed by atoms with Gasteiger partial charge >= 0.3 is 5.97 Å². The lowest BCUT2D eigenvalue weighted by Crippen LogP contribution is -2.08. The topological polar surface area (TPSA) is 52.3 Å². The molecule has 0 aliphatic heterocycles. The molecule has 0 unspecified atom stereocenters. The number of anilines is 1. The largest absolute Gasteiger partial charge is 0.457 e. The maximum atomic E-state index is 13.5. The van der Waals surface area contributed by atoms with E-state index in [-0.39, 0.29) is 17.9 Å². The monoisotopic (exact) mass is 313 g/mol. The molecule has 2 rings (SSSR count). The van der Waals surface area contributed by atoms with Gasteiger partial charge in [-0.3, -0.25) is 0 Å². The number of nitrogen functional groups attached to an aromatic ring is 1. The summed E-state index contributed by atoms with van der Waals surface area (Å²) in [6, 6.07) is 8.56. The fraction of sp³-hybridized carbons (Fsp3) is 0.0714. The van der Waals surface area contributed by atoms with Crippen molar-refractivity contribution in [1.29, 1.82) is 0 Å². The highest BCUT2D eigenvalue weighted by Crippen LogP contribution is 2.22. The maximum absolute atomic E-state index is 13.5. The van der Waals surface area contributed by atoms with Crippen LogP contribution < -0.4 is 5.73 Å². The first-order valence-electron chi connectivity index (χ1n) is 5.63. The number of hydrogen-bond acceptors (Lipinski definition) is 3. The Bertz CT molecular complexity index is 662. The number of halogens is 3. The van der Waals surface area contributed by atoms with Gasteiger partial charge in [-0.2, -0.15) is 0 Å². The second-order valence-corrected chi connectivity index (χ2v) is 4.89. The van der Waals surface area contributed by atoms with Crippen molar-refractivity contribution in [2.24, 2.45) is 0 Å². The molecular formula is C14H10Cl2FNO2. The van der Waals surface area contributed by atoms with E-state index >= 15 is 0 Å². The van der Waals surface area contributed by atoms with Crippen molar-refractivity contribution < 1.29 is 13.9 Å². The molecule has 2 N–H and O–H groups in total. The summed E-state index contributed by atoms with van der Waals surface area (Å²) < 4.78 is 18.5. The molecule has 104 valence electrons. The van der Waals surface area contributed by atoms with Gasteiger partial charge in [-0.15, -0.1) is 0 Å². The first-order chi connectivity index (χ1) is 9.47. The van der Waals surface area contributed by atoms with Crippen LogP contribution in [0, 0.1) is 5.82 Å². The first kappa shape index (κ1) is 14.6. The summed E-state index contributed by atoms with van der Waals surface area (Å²) >= 11 is 11.7. The van der Waals surface area contributed by atoms with Gasteiger partial charge in [0.05, 0.1) is 5.56 Å². The van der Waals surface area contributed by atoms with Crippen LogP contribution in [0.1, 0.15) is 15.9 Å². The summed E-state index contributed by atoms with van der Waals surface area (Å²) in [6.45, 7) is -0.0708. The molecule has 0 atom stereocenters. The molecule has 0 heterocycles. The zero-order chi connectivity index (χ0) is 14.7. The van der Waals surface area contributed by atoms with E-state index in [1.54, 1.807) is 12.1 Å². The Morgan fingerprint density at radius 1 is 1.20 bits per heavy atom. The van der Waals surface area contributed by atoms with E-state index in [1.807, 2.05) is 0 Å². The predicted molar refractivity (Wildman–Crippen MR) is 76.4 cm³/mol. The normalized spacial score (nSPS) is 10.3. The Hall–Kier alpha value is -1.78. The smallest absolute Gasteiger partial charge is 0.341 e. The molecule has 0 aliphatic carbocycles. The summed E-state index contributed by atoms with van der Waals surface area (Å²) in [5.74, 6) is -1.51. The van der Waals surface area contributed by atoms with E-state index in [9.17, 15) is 9.18 Å². The number of rotatable bonds is 3. The Morgan fingerprint density at radius 3 is 2.60 bits per heavy atom. The molecule has 0 saturated carbocycles. The highest BCUT2D eigenvalue weighted by atomic mass is 35.5.